The zero-order valence-electron chi connectivity index (χ0n) is 17.9. The predicted molar refractivity (Wildman–Crippen MR) is 116 cm³/mol. The van der Waals surface area contributed by atoms with Crippen LogP contribution in [0.15, 0.2) is 59.8 Å². The van der Waals surface area contributed by atoms with Crippen molar-refractivity contribution in [2.75, 3.05) is 19.7 Å². The fraction of sp³-hybridized carbons (Fsp3) is 0.458. The lowest BCUT2D eigenvalue weighted by Gasteiger charge is -2.28. The number of aliphatic hydroxyl groups is 1. The van der Waals surface area contributed by atoms with Crippen LogP contribution in [0.25, 0.3) is 0 Å². The highest BCUT2D eigenvalue weighted by Gasteiger charge is 2.26. The first-order valence-electron chi connectivity index (χ1n) is 10.4. The SMILES string of the molecule is CC(C)(C)OC[C@H](O)CN(Cc1ccccc1F)C[C@@H]1CC(c2ccccc2)=NO1. The van der Waals surface area contributed by atoms with Gasteiger partial charge in [0.1, 0.15) is 11.9 Å². The molecule has 30 heavy (non-hydrogen) atoms. The van der Waals surface area contributed by atoms with Gasteiger partial charge in [-0.3, -0.25) is 4.90 Å². The van der Waals surface area contributed by atoms with Crippen molar-refractivity contribution in [1.82, 2.24) is 4.90 Å². The molecule has 1 aliphatic heterocycles. The lowest BCUT2D eigenvalue weighted by Crippen LogP contribution is -2.40. The summed E-state index contributed by atoms with van der Waals surface area (Å²) in [6.07, 6.45) is -0.165. The second-order valence-electron chi connectivity index (χ2n) is 8.70. The minimum Gasteiger partial charge on any atom is -0.390 e. The molecule has 5 nitrogen and oxygen atoms in total. The molecule has 6 heteroatoms. The molecule has 0 fully saturated rings. The Morgan fingerprint density at radius 2 is 1.87 bits per heavy atom. The first-order chi connectivity index (χ1) is 14.3. The number of oxime groups is 1. The van der Waals surface area contributed by atoms with Crippen molar-refractivity contribution in [3.63, 3.8) is 0 Å². The average Bonchev–Trinajstić information content (AvgIpc) is 3.17. The maximum absolute atomic E-state index is 14.2. The highest BCUT2D eigenvalue weighted by molar-refractivity contribution is 6.01. The molecular formula is C24H31FN2O3. The lowest BCUT2D eigenvalue weighted by molar-refractivity contribution is -0.0601. The second-order valence-corrected chi connectivity index (χ2v) is 8.70. The van der Waals surface area contributed by atoms with E-state index in [1.165, 1.54) is 6.07 Å². The molecule has 1 heterocycles. The third-order valence-electron chi connectivity index (χ3n) is 4.83. The smallest absolute Gasteiger partial charge is 0.145 e. The number of ether oxygens (including phenoxy) is 1. The molecule has 2 aromatic rings. The zero-order chi connectivity index (χ0) is 21.6. The molecule has 2 atom stereocenters. The van der Waals surface area contributed by atoms with Gasteiger partial charge in [0.15, 0.2) is 0 Å². The van der Waals surface area contributed by atoms with Crippen LogP contribution in [-0.4, -0.2) is 53.2 Å². The van der Waals surface area contributed by atoms with E-state index >= 15 is 0 Å². The Balaban J connectivity index is 1.63. The molecule has 0 amide bonds. The first-order valence-corrected chi connectivity index (χ1v) is 10.4. The van der Waals surface area contributed by atoms with Crippen molar-refractivity contribution >= 4 is 5.71 Å². The van der Waals surface area contributed by atoms with Crippen molar-refractivity contribution in [1.29, 1.82) is 0 Å². The van der Waals surface area contributed by atoms with Crippen molar-refractivity contribution in [3.05, 3.63) is 71.5 Å². The molecule has 0 spiro atoms. The molecule has 0 saturated carbocycles. The van der Waals surface area contributed by atoms with Crippen LogP contribution in [0.2, 0.25) is 0 Å². The molecule has 162 valence electrons. The van der Waals surface area contributed by atoms with Gasteiger partial charge in [-0.25, -0.2) is 4.39 Å². The van der Waals surface area contributed by atoms with Gasteiger partial charge in [0.05, 0.1) is 24.0 Å². The Labute approximate surface area is 178 Å². The standard InChI is InChI=1S/C24H31FN2O3/c1-24(2,3)29-17-20(28)15-27(14-19-11-7-8-12-22(19)25)16-21-13-23(26-30-21)18-9-5-4-6-10-18/h4-12,20-21,28H,13-17H2,1-3H3/t20-,21+/m1/s1. The number of benzene rings is 2. The summed E-state index contributed by atoms with van der Waals surface area (Å²) in [4.78, 5) is 7.66. The van der Waals surface area contributed by atoms with Crippen LogP contribution in [0.3, 0.4) is 0 Å². The van der Waals surface area contributed by atoms with Gasteiger partial charge in [0, 0.05) is 31.6 Å². The summed E-state index contributed by atoms with van der Waals surface area (Å²) < 4.78 is 19.9. The summed E-state index contributed by atoms with van der Waals surface area (Å²) in [5.74, 6) is -0.253. The average molecular weight is 415 g/mol. The summed E-state index contributed by atoms with van der Waals surface area (Å²) in [6, 6.07) is 16.6. The van der Waals surface area contributed by atoms with Gasteiger partial charge < -0.3 is 14.7 Å². The van der Waals surface area contributed by atoms with Crippen LogP contribution in [0.5, 0.6) is 0 Å². The molecule has 3 rings (SSSR count). The Morgan fingerprint density at radius 3 is 2.57 bits per heavy atom. The molecular weight excluding hydrogens is 383 g/mol. The van der Waals surface area contributed by atoms with Crippen LogP contribution < -0.4 is 0 Å². The molecule has 0 aliphatic carbocycles. The molecule has 2 aromatic carbocycles. The van der Waals surface area contributed by atoms with E-state index in [4.69, 9.17) is 9.57 Å². The predicted octanol–water partition coefficient (Wildman–Crippen LogP) is 4.00. The van der Waals surface area contributed by atoms with E-state index in [1.807, 2.05) is 62.1 Å². The molecule has 1 aliphatic rings. The van der Waals surface area contributed by atoms with Gasteiger partial charge in [-0.15, -0.1) is 0 Å². The van der Waals surface area contributed by atoms with E-state index in [1.54, 1.807) is 12.1 Å². The number of hydrogen-bond acceptors (Lipinski definition) is 5. The third-order valence-corrected chi connectivity index (χ3v) is 4.83. The minimum atomic E-state index is -0.688. The van der Waals surface area contributed by atoms with Crippen molar-refractivity contribution in [2.24, 2.45) is 5.16 Å². The summed E-state index contributed by atoms with van der Waals surface area (Å²) in [7, 11) is 0. The Hall–Kier alpha value is -2.28. The number of rotatable bonds is 9. The van der Waals surface area contributed by atoms with E-state index < -0.39 is 6.10 Å². The van der Waals surface area contributed by atoms with Gasteiger partial charge in [0.25, 0.3) is 0 Å². The van der Waals surface area contributed by atoms with Crippen LogP contribution in [0.1, 0.15) is 38.3 Å². The van der Waals surface area contributed by atoms with E-state index in [0.717, 1.165) is 11.3 Å². The Kier molecular flexibility index (Phi) is 7.58. The van der Waals surface area contributed by atoms with E-state index in [-0.39, 0.29) is 24.1 Å². The normalized spacial score (nSPS) is 17.7. The van der Waals surface area contributed by atoms with Gasteiger partial charge in [-0.2, -0.15) is 0 Å². The van der Waals surface area contributed by atoms with Crippen molar-refractivity contribution < 1.29 is 19.1 Å². The molecule has 1 N–H and O–H groups in total. The molecule has 0 unspecified atom stereocenters. The highest BCUT2D eigenvalue weighted by Crippen LogP contribution is 2.19. The zero-order valence-corrected chi connectivity index (χ0v) is 17.9. The summed E-state index contributed by atoms with van der Waals surface area (Å²) >= 11 is 0. The third kappa shape index (κ3) is 6.90. The number of hydrogen-bond donors (Lipinski definition) is 1. The summed E-state index contributed by atoms with van der Waals surface area (Å²) in [6.45, 7) is 7.32. The largest absolute Gasteiger partial charge is 0.390 e. The topological polar surface area (TPSA) is 54.3 Å². The minimum absolute atomic E-state index is 0.150. The van der Waals surface area contributed by atoms with Gasteiger partial charge >= 0.3 is 0 Å². The van der Waals surface area contributed by atoms with Gasteiger partial charge in [-0.1, -0.05) is 53.7 Å². The van der Waals surface area contributed by atoms with Gasteiger partial charge in [0.2, 0.25) is 0 Å². The lowest BCUT2D eigenvalue weighted by atomic mass is 10.0. The van der Waals surface area contributed by atoms with E-state index in [0.29, 0.717) is 31.6 Å². The van der Waals surface area contributed by atoms with Crippen LogP contribution in [-0.2, 0) is 16.1 Å². The summed E-state index contributed by atoms with van der Waals surface area (Å²) in [5, 5.41) is 14.7. The number of aliphatic hydroxyl groups excluding tert-OH is 1. The first kappa shape index (κ1) is 22.4. The molecule has 0 saturated heterocycles. The van der Waals surface area contributed by atoms with Crippen LogP contribution >= 0.6 is 0 Å². The fourth-order valence-electron chi connectivity index (χ4n) is 3.38. The summed E-state index contributed by atoms with van der Waals surface area (Å²) in [5.41, 5.74) is 2.20. The maximum Gasteiger partial charge on any atom is 0.145 e. The quantitative estimate of drug-likeness (QED) is 0.674. The number of nitrogens with zero attached hydrogens (tertiary/aromatic N) is 2. The number of halogens is 1. The Morgan fingerprint density at radius 1 is 1.17 bits per heavy atom. The fourth-order valence-corrected chi connectivity index (χ4v) is 3.38. The van der Waals surface area contributed by atoms with Gasteiger partial charge in [-0.05, 0) is 32.4 Å². The Bertz CT molecular complexity index is 836. The maximum atomic E-state index is 14.2. The second kappa shape index (κ2) is 10.2. The van der Waals surface area contributed by atoms with Crippen molar-refractivity contribution in [2.45, 2.75) is 51.5 Å². The van der Waals surface area contributed by atoms with E-state index in [2.05, 4.69) is 5.16 Å². The van der Waals surface area contributed by atoms with E-state index in [9.17, 15) is 9.50 Å². The van der Waals surface area contributed by atoms with Crippen molar-refractivity contribution in [3.8, 4) is 0 Å². The van der Waals surface area contributed by atoms with Crippen LogP contribution in [0.4, 0.5) is 4.39 Å². The highest BCUT2D eigenvalue weighted by atomic mass is 19.1. The molecule has 0 aromatic heterocycles. The molecule has 0 bridgehead atoms. The monoisotopic (exact) mass is 414 g/mol. The molecule has 0 radical (unpaired) electrons. The van der Waals surface area contributed by atoms with Crippen LogP contribution in [0, 0.1) is 5.82 Å².